The number of amides is 1. The molecule has 3 aromatic rings. The fourth-order valence-corrected chi connectivity index (χ4v) is 5.34. The topological polar surface area (TPSA) is 50.6 Å². The number of rotatable bonds is 5. The van der Waals surface area contributed by atoms with Gasteiger partial charge in [-0.05, 0) is 76.9 Å². The lowest BCUT2D eigenvalue weighted by Gasteiger charge is -2.37. The Morgan fingerprint density at radius 2 is 1.85 bits per heavy atom. The molecular formula is C27H34N4O2. The van der Waals surface area contributed by atoms with Gasteiger partial charge in [0.15, 0.2) is 0 Å². The first kappa shape index (κ1) is 22.0. The van der Waals surface area contributed by atoms with Gasteiger partial charge < -0.3 is 19.1 Å². The molecule has 0 N–H and O–H groups in total. The Bertz CT molecular complexity index is 1130. The minimum atomic E-state index is -0.0662. The molecular weight excluding hydrogens is 412 g/mol. The summed E-state index contributed by atoms with van der Waals surface area (Å²) < 4.78 is 8.54. The predicted molar refractivity (Wildman–Crippen MR) is 131 cm³/mol. The van der Waals surface area contributed by atoms with E-state index in [0.29, 0.717) is 12.6 Å². The van der Waals surface area contributed by atoms with Gasteiger partial charge in [0.05, 0.1) is 11.7 Å². The van der Waals surface area contributed by atoms with E-state index in [9.17, 15) is 4.79 Å². The maximum Gasteiger partial charge on any atom is 0.271 e. The van der Waals surface area contributed by atoms with Crippen molar-refractivity contribution in [2.24, 2.45) is 0 Å². The molecule has 0 radical (unpaired) electrons. The van der Waals surface area contributed by atoms with Crippen molar-refractivity contribution in [3.05, 3.63) is 60.0 Å². The van der Waals surface area contributed by atoms with Crippen molar-refractivity contribution in [2.75, 3.05) is 19.6 Å². The predicted octanol–water partition coefficient (Wildman–Crippen LogP) is 5.07. The van der Waals surface area contributed by atoms with Gasteiger partial charge in [-0.3, -0.25) is 9.78 Å². The van der Waals surface area contributed by atoms with Gasteiger partial charge >= 0.3 is 0 Å². The minimum absolute atomic E-state index is 0.0611. The van der Waals surface area contributed by atoms with E-state index in [-0.39, 0.29) is 24.1 Å². The number of hydrogen-bond donors (Lipinski definition) is 0. The van der Waals surface area contributed by atoms with Crippen molar-refractivity contribution in [2.45, 2.75) is 64.8 Å². The molecule has 0 saturated carbocycles. The van der Waals surface area contributed by atoms with Crippen LogP contribution >= 0.6 is 0 Å². The first-order valence-corrected chi connectivity index (χ1v) is 12.2. The van der Waals surface area contributed by atoms with Crippen LogP contribution in [0.25, 0.3) is 10.9 Å². The average molecular weight is 447 g/mol. The second kappa shape index (κ2) is 8.82. The fourth-order valence-electron chi connectivity index (χ4n) is 5.34. The number of piperidine rings is 1. The van der Waals surface area contributed by atoms with Gasteiger partial charge in [0.2, 0.25) is 0 Å². The molecule has 174 valence electrons. The maximum atomic E-state index is 13.5. The molecule has 2 aromatic heterocycles. The number of aromatic nitrogens is 2. The summed E-state index contributed by atoms with van der Waals surface area (Å²) in [5.74, 6) is 0.957. The Hall–Kier alpha value is -2.86. The first-order chi connectivity index (χ1) is 15.9. The molecule has 2 aliphatic rings. The van der Waals surface area contributed by atoms with Gasteiger partial charge in [0, 0.05) is 48.8 Å². The largest absolute Gasteiger partial charge is 0.490 e. The summed E-state index contributed by atoms with van der Waals surface area (Å²) in [7, 11) is 0. The molecule has 2 aliphatic heterocycles. The first-order valence-electron chi connectivity index (χ1n) is 12.2. The lowest BCUT2D eigenvalue weighted by molar-refractivity contribution is 0.0598. The highest BCUT2D eigenvalue weighted by Gasteiger charge is 2.34. The monoisotopic (exact) mass is 446 g/mol. The molecule has 1 saturated heterocycles. The SMILES string of the molecule is CC(C)N1CCC(Oc2ccc3c(c2)cc2n3C(C)CN(C(C)c3ccccn3)C2=O)CC1. The summed E-state index contributed by atoms with van der Waals surface area (Å²) in [5.41, 5.74) is 2.76. The highest BCUT2D eigenvalue weighted by atomic mass is 16.5. The molecule has 1 fully saturated rings. The van der Waals surface area contributed by atoms with E-state index in [1.807, 2.05) is 29.2 Å². The second-order valence-corrected chi connectivity index (χ2v) is 9.80. The quantitative estimate of drug-likeness (QED) is 0.549. The van der Waals surface area contributed by atoms with E-state index in [1.54, 1.807) is 6.20 Å². The van der Waals surface area contributed by atoms with Gasteiger partial charge in [0.1, 0.15) is 17.5 Å². The molecule has 33 heavy (non-hydrogen) atoms. The number of carbonyl (C=O) groups is 1. The van der Waals surface area contributed by atoms with Crippen molar-refractivity contribution in [1.29, 1.82) is 0 Å². The van der Waals surface area contributed by atoms with Gasteiger partial charge in [-0.25, -0.2) is 0 Å². The van der Waals surface area contributed by atoms with Crippen molar-refractivity contribution in [3.8, 4) is 5.75 Å². The number of pyridine rings is 1. The molecule has 1 aromatic carbocycles. The van der Waals surface area contributed by atoms with E-state index in [2.05, 4.69) is 60.3 Å². The van der Waals surface area contributed by atoms with Gasteiger partial charge in [-0.2, -0.15) is 0 Å². The van der Waals surface area contributed by atoms with Crippen molar-refractivity contribution >= 4 is 16.8 Å². The lowest BCUT2D eigenvalue weighted by Crippen LogP contribution is -2.43. The number of likely N-dealkylation sites (tertiary alicyclic amines) is 1. The summed E-state index contributed by atoms with van der Waals surface area (Å²) in [5, 5.41) is 1.06. The normalized spacial score (nSPS) is 20.9. The van der Waals surface area contributed by atoms with Crippen LogP contribution in [0.2, 0.25) is 0 Å². The molecule has 6 nitrogen and oxygen atoms in total. The van der Waals surface area contributed by atoms with Crippen LogP contribution in [0.15, 0.2) is 48.7 Å². The molecule has 0 aliphatic carbocycles. The third-order valence-corrected chi connectivity index (χ3v) is 7.28. The van der Waals surface area contributed by atoms with Crippen molar-refractivity contribution in [1.82, 2.24) is 19.4 Å². The number of nitrogens with zero attached hydrogens (tertiary/aromatic N) is 4. The Balaban J connectivity index is 1.37. The maximum absolute atomic E-state index is 13.5. The molecule has 6 heteroatoms. The van der Waals surface area contributed by atoms with Crippen LogP contribution in [-0.4, -0.2) is 57.0 Å². The summed E-state index contributed by atoms with van der Waals surface area (Å²) in [4.78, 5) is 22.4. The van der Waals surface area contributed by atoms with Crippen LogP contribution < -0.4 is 4.74 Å². The smallest absolute Gasteiger partial charge is 0.271 e. The highest BCUT2D eigenvalue weighted by molar-refractivity contribution is 6.00. The van der Waals surface area contributed by atoms with Crippen LogP contribution in [0.3, 0.4) is 0 Å². The minimum Gasteiger partial charge on any atom is -0.490 e. The van der Waals surface area contributed by atoms with E-state index in [0.717, 1.165) is 54.0 Å². The Kier molecular flexibility index (Phi) is 5.87. The zero-order valence-corrected chi connectivity index (χ0v) is 20.1. The zero-order chi connectivity index (χ0) is 23.1. The third kappa shape index (κ3) is 4.12. The summed E-state index contributed by atoms with van der Waals surface area (Å²) >= 11 is 0. The number of carbonyl (C=O) groups excluding carboxylic acids is 1. The molecule has 2 atom stereocenters. The molecule has 0 spiro atoms. The van der Waals surface area contributed by atoms with Crippen LogP contribution in [0, 0.1) is 0 Å². The van der Waals surface area contributed by atoms with Crippen LogP contribution in [-0.2, 0) is 0 Å². The summed E-state index contributed by atoms with van der Waals surface area (Å²) in [6.07, 6.45) is 4.15. The molecule has 1 amide bonds. The molecule has 4 heterocycles. The van der Waals surface area contributed by atoms with E-state index < -0.39 is 0 Å². The number of hydrogen-bond acceptors (Lipinski definition) is 4. The second-order valence-electron chi connectivity index (χ2n) is 9.80. The zero-order valence-electron chi connectivity index (χ0n) is 20.1. The molecule has 5 rings (SSSR count). The summed E-state index contributed by atoms with van der Waals surface area (Å²) in [6.45, 7) is 11.6. The van der Waals surface area contributed by atoms with Crippen LogP contribution in [0.1, 0.15) is 68.8 Å². The molecule has 0 bridgehead atoms. The van der Waals surface area contributed by atoms with Gasteiger partial charge in [-0.1, -0.05) is 6.07 Å². The van der Waals surface area contributed by atoms with E-state index in [1.165, 1.54) is 0 Å². The van der Waals surface area contributed by atoms with Crippen molar-refractivity contribution in [3.63, 3.8) is 0 Å². The highest BCUT2D eigenvalue weighted by Crippen LogP contribution is 2.35. The van der Waals surface area contributed by atoms with Crippen LogP contribution in [0.5, 0.6) is 5.75 Å². The Labute approximate surface area is 196 Å². The molecule has 2 unspecified atom stereocenters. The van der Waals surface area contributed by atoms with Crippen molar-refractivity contribution < 1.29 is 9.53 Å². The Morgan fingerprint density at radius 3 is 2.55 bits per heavy atom. The standard InChI is InChI=1S/C27H34N4O2/c1-18(2)29-13-10-22(11-14-29)33-23-8-9-25-21(15-23)16-26-27(32)30(17-19(3)31(25)26)20(4)24-7-5-6-12-28-24/h5-9,12,15-16,18-20,22H,10-11,13-14,17H2,1-4H3. The number of benzene rings is 1. The van der Waals surface area contributed by atoms with Gasteiger partial charge in [0.25, 0.3) is 5.91 Å². The number of fused-ring (bicyclic) bond motifs is 3. The van der Waals surface area contributed by atoms with E-state index in [4.69, 9.17) is 4.74 Å². The fraction of sp³-hybridized carbons (Fsp3) is 0.481. The lowest BCUT2D eigenvalue weighted by atomic mass is 10.1. The summed E-state index contributed by atoms with van der Waals surface area (Å²) in [6, 6.07) is 14.9. The van der Waals surface area contributed by atoms with Crippen LogP contribution in [0.4, 0.5) is 0 Å². The van der Waals surface area contributed by atoms with E-state index >= 15 is 0 Å². The van der Waals surface area contributed by atoms with Gasteiger partial charge in [-0.15, -0.1) is 0 Å². The Morgan fingerprint density at radius 1 is 1.06 bits per heavy atom. The third-order valence-electron chi connectivity index (χ3n) is 7.28. The number of ether oxygens (including phenoxy) is 1. The average Bonchev–Trinajstić information content (AvgIpc) is 3.21.